The molecule has 0 unspecified atom stereocenters. The highest BCUT2D eigenvalue weighted by atomic mass is 19.3. The molecule has 2 amide bonds. The highest BCUT2D eigenvalue weighted by molar-refractivity contribution is 6.01. The SMILES string of the molecule is COc1cc(-c2ccc3cc(C(=O)NC4(C(=O)NC5(C#N)CC5)CCC(F)(F)CC4)oc3c2)ccc1-n1cnc(C#N)n1. The number of aromatic nitrogens is 3. The van der Waals surface area contributed by atoms with Crippen LogP contribution in [-0.2, 0) is 4.79 Å². The van der Waals surface area contributed by atoms with Gasteiger partial charge in [-0.3, -0.25) is 9.59 Å². The molecule has 2 saturated carbocycles. The van der Waals surface area contributed by atoms with Crippen molar-refractivity contribution in [3.8, 4) is 34.7 Å². The van der Waals surface area contributed by atoms with E-state index in [0.29, 0.717) is 35.2 Å². The Hall–Kier alpha value is -5.30. The standard InChI is InChI=1S/C30H25F2N7O4/c1-42-23-13-19(4-5-21(23)39-17-35-25(15-33)38-39)18-2-3-20-14-24(43-22(20)12-18)26(40)36-29(8-10-30(31,32)11-9-29)27(41)37-28(16-34)6-7-28/h2-5,12-14,17H,6-11H2,1H3,(H,36,40)(H,37,41). The number of methoxy groups -OCH3 is 1. The summed E-state index contributed by atoms with van der Waals surface area (Å²) in [5.41, 5.74) is -0.0939. The summed E-state index contributed by atoms with van der Waals surface area (Å²) in [7, 11) is 1.51. The lowest BCUT2D eigenvalue weighted by Gasteiger charge is -2.39. The number of carbonyl (C=O) groups is 2. The van der Waals surface area contributed by atoms with Crippen LogP contribution < -0.4 is 15.4 Å². The molecule has 0 spiro atoms. The van der Waals surface area contributed by atoms with Crippen molar-refractivity contribution in [3.63, 3.8) is 0 Å². The summed E-state index contributed by atoms with van der Waals surface area (Å²) in [6.07, 6.45) is 0.681. The van der Waals surface area contributed by atoms with E-state index in [1.165, 1.54) is 24.2 Å². The molecule has 0 bridgehead atoms. The number of benzene rings is 2. The van der Waals surface area contributed by atoms with Gasteiger partial charge in [0.2, 0.25) is 11.8 Å². The largest absolute Gasteiger partial charge is 0.494 e. The van der Waals surface area contributed by atoms with Crippen molar-refractivity contribution in [2.45, 2.75) is 55.5 Å². The number of alkyl halides is 2. The second-order valence-corrected chi connectivity index (χ2v) is 10.9. The second-order valence-electron chi connectivity index (χ2n) is 10.9. The van der Waals surface area contributed by atoms with E-state index in [9.17, 15) is 23.6 Å². The fourth-order valence-corrected chi connectivity index (χ4v) is 5.26. The molecule has 2 aliphatic carbocycles. The smallest absolute Gasteiger partial charge is 0.287 e. The molecule has 13 heteroatoms. The van der Waals surface area contributed by atoms with E-state index in [1.807, 2.05) is 18.2 Å². The monoisotopic (exact) mass is 585 g/mol. The predicted molar refractivity (Wildman–Crippen MR) is 147 cm³/mol. The fourth-order valence-electron chi connectivity index (χ4n) is 5.26. The summed E-state index contributed by atoms with van der Waals surface area (Å²) in [5.74, 6) is -3.86. The second kappa shape index (κ2) is 10.2. The third-order valence-electron chi connectivity index (χ3n) is 8.03. The molecule has 11 nitrogen and oxygen atoms in total. The lowest BCUT2D eigenvalue weighted by Crippen LogP contribution is -2.62. The first-order valence-electron chi connectivity index (χ1n) is 13.6. The van der Waals surface area contributed by atoms with Crippen LogP contribution in [0.4, 0.5) is 8.78 Å². The minimum atomic E-state index is -2.94. The molecule has 2 aromatic heterocycles. The molecule has 2 fully saturated rings. The maximum absolute atomic E-state index is 14.0. The van der Waals surface area contributed by atoms with Gasteiger partial charge in [0.1, 0.15) is 40.5 Å². The van der Waals surface area contributed by atoms with Crippen LogP contribution in [0.1, 0.15) is 54.9 Å². The van der Waals surface area contributed by atoms with E-state index >= 15 is 0 Å². The van der Waals surface area contributed by atoms with Gasteiger partial charge in [-0.05, 0) is 61.1 Å². The van der Waals surface area contributed by atoms with E-state index in [2.05, 4.69) is 26.8 Å². The van der Waals surface area contributed by atoms with Crippen molar-refractivity contribution < 1.29 is 27.5 Å². The molecule has 0 aliphatic heterocycles. The zero-order valence-corrected chi connectivity index (χ0v) is 23.0. The lowest BCUT2D eigenvalue weighted by molar-refractivity contribution is -0.133. The minimum Gasteiger partial charge on any atom is -0.494 e. The molecule has 218 valence electrons. The fraction of sp³-hybridized carbons (Fsp3) is 0.333. The number of furan rings is 1. The Morgan fingerprint density at radius 2 is 1.72 bits per heavy atom. The number of rotatable bonds is 7. The molecule has 2 heterocycles. The highest BCUT2D eigenvalue weighted by Crippen LogP contribution is 2.41. The first kappa shape index (κ1) is 27.8. The number of ether oxygens (including phenoxy) is 1. The zero-order valence-electron chi connectivity index (χ0n) is 23.0. The van der Waals surface area contributed by atoms with Crippen molar-refractivity contribution in [1.82, 2.24) is 25.4 Å². The van der Waals surface area contributed by atoms with Crippen LogP contribution in [0.25, 0.3) is 27.8 Å². The third kappa shape index (κ3) is 5.26. The molecule has 0 atom stereocenters. The Balaban J connectivity index is 1.25. The van der Waals surface area contributed by atoms with Gasteiger partial charge in [-0.2, -0.15) is 10.5 Å². The third-order valence-corrected chi connectivity index (χ3v) is 8.03. The Bertz CT molecular complexity index is 1830. The average molecular weight is 586 g/mol. The van der Waals surface area contributed by atoms with Crippen LogP contribution in [0.2, 0.25) is 0 Å². The van der Waals surface area contributed by atoms with E-state index in [4.69, 9.17) is 14.4 Å². The Kier molecular flexibility index (Phi) is 6.61. The van der Waals surface area contributed by atoms with E-state index < -0.39 is 41.7 Å². The van der Waals surface area contributed by atoms with Gasteiger partial charge >= 0.3 is 0 Å². The highest BCUT2D eigenvalue weighted by Gasteiger charge is 2.53. The van der Waals surface area contributed by atoms with E-state index in [0.717, 1.165) is 11.1 Å². The van der Waals surface area contributed by atoms with Crippen molar-refractivity contribution >= 4 is 22.8 Å². The number of nitriles is 2. The normalized spacial score (nSPS) is 17.8. The molecule has 6 rings (SSSR count). The minimum absolute atomic E-state index is 0.0243. The van der Waals surface area contributed by atoms with E-state index in [-0.39, 0.29) is 24.4 Å². The summed E-state index contributed by atoms with van der Waals surface area (Å²) in [5, 5.41) is 28.5. The number of halogens is 2. The molecule has 0 radical (unpaired) electrons. The molecule has 4 aromatic rings. The van der Waals surface area contributed by atoms with Gasteiger partial charge in [0.15, 0.2) is 5.76 Å². The van der Waals surface area contributed by atoms with Crippen LogP contribution in [0.5, 0.6) is 5.75 Å². The van der Waals surface area contributed by atoms with Gasteiger partial charge in [0, 0.05) is 18.2 Å². The average Bonchev–Trinajstić information content (AvgIpc) is 3.40. The van der Waals surface area contributed by atoms with Gasteiger partial charge in [-0.1, -0.05) is 18.2 Å². The van der Waals surface area contributed by atoms with Gasteiger partial charge in [0.25, 0.3) is 11.7 Å². The van der Waals surface area contributed by atoms with Crippen LogP contribution in [0.15, 0.2) is 53.2 Å². The summed E-state index contributed by atoms with van der Waals surface area (Å²) < 4.78 is 40.9. The summed E-state index contributed by atoms with van der Waals surface area (Å²) >= 11 is 0. The molecular weight excluding hydrogens is 560 g/mol. The Morgan fingerprint density at radius 3 is 2.37 bits per heavy atom. The summed E-state index contributed by atoms with van der Waals surface area (Å²) in [6.45, 7) is 0. The number of hydrogen-bond acceptors (Lipinski definition) is 8. The van der Waals surface area contributed by atoms with Gasteiger partial charge in [-0.25, -0.2) is 18.4 Å². The summed E-state index contributed by atoms with van der Waals surface area (Å²) in [6, 6.07) is 16.2. The van der Waals surface area contributed by atoms with Crippen LogP contribution in [0.3, 0.4) is 0 Å². The van der Waals surface area contributed by atoms with Crippen molar-refractivity contribution in [3.05, 3.63) is 60.4 Å². The number of carbonyl (C=O) groups excluding carboxylic acids is 2. The Morgan fingerprint density at radius 1 is 1.00 bits per heavy atom. The number of nitrogens with one attached hydrogen (secondary N) is 2. The van der Waals surface area contributed by atoms with Gasteiger partial charge in [-0.15, -0.1) is 5.10 Å². The van der Waals surface area contributed by atoms with Gasteiger partial charge < -0.3 is 19.8 Å². The van der Waals surface area contributed by atoms with Crippen LogP contribution >= 0.6 is 0 Å². The molecular formula is C30H25F2N7O4. The van der Waals surface area contributed by atoms with Crippen molar-refractivity contribution in [1.29, 1.82) is 10.5 Å². The number of amides is 2. The topological polar surface area (TPSA) is 159 Å². The number of nitrogens with zero attached hydrogens (tertiary/aromatic N) is 5. The molecule has 2 aromatic carbocycles. The van der Waals surface area contributed by atoms with Crippen molar-refractivity contribution in [2.75, 3.05) is 7.11 Å². The van der Waals surface area contributed by atoms with Crippen LogP contribution in [-0.4, -0.2) is 50.7 Å². The van der Waals surface area contributed by atoms with E-state index in [1.54, 1.807) is 24.3 Å². The molecule has 43 heavy (non-hydrogen) atoms. The summed E-state index contributed by atoms with van der Waals surface area (Å²) in [4.78, 5) is 30.6. The maximum Gasteiger partial charge on any atom is 0.287 e. The first-order valence-corrected chi connectivity index (χ1v) is 13.6. The zero-order chi connectivity index (χ0) is 30.4. The number of hydrogen-bond donors (Lipinski definition) is 2. The Labute approximate surface area is 244 Å². The number of fused-ring (bicyclic) bond motifs is 1. The molecule has 2 aliphatic rings. The maximum atomic E-state index is 14.0. The van der Waals surface area contributed by atoms with Gasteiger partial charge in [0.05, 0.1) is 13.2 Å². The molecule has 0 saturated heterocycles. The van der Waals surface area contributed by atoms with Crippen molar-refractivity contribution in [2.24, 2.45) is 0 Å². The predicted octanol–water partition coefficient (Wildman–Crippen LogP) is 4.41. The lowest BCUT2D eigenvalue weighted by atomic mass is 9.78. The first-order chi connectivity index (χ1) is 20.6. The molecule has 2 N–H and O–H groups in total. The van der Waals surface area contributed by atoms with Crippen LogP contribution in [0, 0.1) is 22.7 Å². The quantitative estimate of drug-likeness (QED) is 0.323.